The fraction of sp³-hybridized carbons (Fsp3) is 0.375. The Morgan fingerprint density at radius 1 is 1.30 bits per heavy atom. The van der Waals surface area contributed by atoms with E-state index in [4.69, 9.17) is 4.42 Å². The molecular weight excluding hydrogens is 254 g/mol. The molecule has 0 fully saturated rings. The Balaban J connectivity index is 2.06. The van der Waals surface area contributed by atoms with Crippen LogP contribution in [-0.2, 0) is 12.8 Å². The van der Waals surface area contributed by atoms with Crippen LogP contribution >= 0.6 is 0 Å². The molecule has 1 aromatic heterocycles. The van der Waals surface area contributed by atoms with Crippen molar-refractivity contribution in [2.24, 2.45) is 0 Å². The Kier molecular flexibility index (Phi) is 3.08. The first-order valence-corrected chi connectivity index (χ1v) is 6.92. The van der Waals surface area contributed by atoms with E-state index < -0.39 is 5.97 Å². The van der Waals surface area contributed by atoms with Crippen molar-refractivity contribution in [1.82, 2.24) is 4.98 Å². The van der Waals surface area contributed by atoms with E-state index in [1.807, 2.05) is 19.9 Å². The van der Waals surface area contributed by atoms with Gasteiger partial charge in [-0.2, -0.15) is 0 Å². The topological polar surface area (TPSA) is 63.3 Å². The van der Waals surface area contributed by atoms with Gasteiger partial charge in [0.05, 0.1) is 5.69 Å². The van der Waals surface area contributed by atoms with Crippen LogP contribution in [0.4, 0.5) is 0 Å². The van der Waals surface area contributed by atoms with E-state index in [1.165, 1.54) is 17.5 Å². The zero-order valence-electron chi connectivity index (χ0n) is 11.6. The Bertz CT molecular complexity index is 670. The molecule has 1 N–H and O–H groups in total. The number of aromatic carboxylic acids is 1. The minimum Gasteiger partial charge on any atom is -0.475 e. The van der Waals surface area contributed by atoms with Crippen molar-refractivity contribution >= 4 is 5.97 Å². The summed E-state index contributed by atoms with van der Waals surface area (Å²) < 4.78 is 5.47. The molecule has 3 rings (SSSR count). The summed E-state index contributed by atoms with van der Waals surface area (Å²) in [7, 11) is 0. The zero-order valence-corrected chi connectivity index (χ0v) is 11.6. The maximum atomic E-state index is 11.2. The van der Waals surface area contributed by atoms with E-state index in [2.05, 4.69) is 17.1 Å². The molecule has 1 aliphatic rings. The third kappa shape index (κ3) is 2.11. The molecule has 0 bridgehead atoms. The predicted octanol–water partition coefficient (Wildman–Crippen LogP) is 3.65. The molecule has 4 nitrogen and oxygen atoms in total. The Labute approximate surface area is 117 Å². The number of aryl methyl sites for hydroxylation is 2. The lowest BCUT2D eigenvalue weighted by Crippen LogP contribution is -2.01. The maximum Gasteiger partial charge on any atom is 0.373 e. The summed E-state index contributed by atoms with van der Waals surface area (Å²) in [4.78, 5) is 15.6. The summed E-state index contributed by atoms with van der Waals surface area (Å²) in [6.07, 6.45) is 3.38. The number of aromatic nitrogens is 1. The van der Waals surface area contributed by atoms with Crippen LogP contribution in [0, 0.1) is 0 Å². The van der Waals surface area contributed by atoms with Gasteiger partial charge in [-0.1, -0.05) is 19.9 Å². The minimum absolute atomic E-state index is 0.0213. The largest absolute Gasteiger partial charge is 0.475 e. The van der Waals surface area contributed by atoms with Crippen molar-refractivity contribution in [1.29, 1.82) is 0 Å². The molecule has 2 aromatic rings. The number of oxazole rings is 1. The molecule has 1 aromatic carbocycles. The second-order valence-corrected chi connectivity index (χ2v) is 5.53. The second-order valence-electron chi connectivity index (χ2n) is 5.53. The van der Waals surface area contributed by atoms with E-state index >= 15 is 0 Å². The summed E-state index contributed by atoms with van der Waals surface area (Å²) in [6, 6.07) is 6.13. The molecule has 1 aliphatic carbocycles. The fourth-order valence-corrected chi connectivity index (χ4v) is 2.70. The first kappa shape index (κ1) is 12.9. The zero-order chi connectivity index (χ0) is 14.3. The third-order valence-electron chi connectivity index (χ3n) is 3.74. The Hall–Kier alpha value is -2.10. The van der Waals surface area contributed by atoms with E-state index in [0.29, 0.717) is 11.6 Å². The van der Waals surface area contributed by atoms with Crippen molar-refractivity contribution in [2.75, 3.05) is 0 Å². The van der Waals surface area contributed by atoms with Crippen LogP contribution < -0.4 is 0 Å². The summed E-state index contributed by atoms with van der Waals surface area (Å²) in [5.74, 6) is -0.682. The average Bonchev–Trinajstić information content (AvgIpc) is 3.04. The summed E-state index contributed by atoms with van der Waals surface area (Å²) in [5.41, 5.74) is 4.07. The molecular formula is C16H17NO3. The maximum absolute atomic E-state index is 11.2. The van der Waals surface area contributed by atoms with Crippen LogP contribution in [0.25, 0.3) is 11.5 Å². The first-order valence-electron chi connectivity index (χ1n) is 6.92. The van der Waals surface area contributed by atoms with Gasteiger partial charge >= 0.3 is 5.97 Å². The number of carbonyl (C=O) groups is 1. The van der Waals surface area contributed by atoms with Crippen LogP contribution in [0.5, 0.6) is 0 Å². The predicted molar refractivity (Wildman–Crippen MR) is 75.0 cm³/mol. The smallest absolute Gasteiger partial charge is 0.373 e. The summed E-state index contributed by atoms with van der Waals surface area (Å²) in [6.45, 7) is 3.83. The molecule has 0 aliphatic heterocycles. The van der Waals surface area contributed by atoms with Gasteiger partial charge in [0.1, 0.15) is 0 Å². The molecule has 0 amide bonds. The minimum atomic E-state index is -1.06. The van der Waals surface area contributed by atoms with E-state index in [-0.39, 0.29) is 11.7 Å². The quantitative estimate of drug-likeness (QED) is 0.925. The summed E-state index contributed by atoms with van der Waals surface area (Å²) in [5, 5.41) is 9.20. The lowest BCUT2D eigenvalue weighted by molar-refractivity contribution is 0.0661. The van der Waals surface area contributed by atoms with Gasteiger partial charge in [0.15, 0.2) is 0 Å². The SMILES string of the molecule is CC(C)c1nc(-c2ccc3c(c2)CCC3)oc1C(=O)O. The van der Waals surface area contributed by atoms with E-state index in [9.17, 15) is 9.90 Å². The van der Waals surface area contributed by atoms with Crippen molar-refractivity contribution in [2.45, 2.75) is 39.0 Å². The van der Waals surface area contributed by atoms with Crippen molar-refractivity contribution in [3.8, 4) is 11.5 Å². The normalized spacial score (nSPS) is 13.8. The monoisotopic (exact) mass is 271 g/mol. The summed E-state index contributed by atoms with van der Waals surface area (Å²) >= 11 is 0. The van der Waals surface area contributed by atoms with Gasteiger partial charge in [-0.15, -0.1) is 0 Å². The fourth-order valence-electron chi connectivity index (χ4n) is 2.70. The van der Waals surface area contributed by atoms with Crippen LogP contribution in [0.1, 0.15) is 53.6 Å². The lowest BCUT2D eigenvalue weighted by Gasteiger charge is -2.01. The van der Waals surface area contributed by atoms with Gasteiger partial charge in [-0.05, 0) is 48.4 Å². The molecule has 1 heterocycles. The highest BCUT2D eigenvalue weighted by atomic mass is 16.4. The van der Waals surface area contributed by atoms with Crippen LogP contribution in [0.3, 0.4) is 0 Å². The molecule has 0 saturated carbocycles. The second kappa shape index (κ2) is 4.78. The van der Waals surface area contributed by atoms with Gasteiger partial charge in [0.25, 0.3) is 0 Å². The van der Waals surface area contributed by atoms with Crippen molar-refractivity contribution in [3.05, 3.63) is 40.8 Å². The average molecular weight is 271 g/mol. The molecule has 4 heteroatoms. The molecule has 0 spiro atoms. The highest BCUT2D eigenvalue weighted by molar-refractivity contribution is 5.86. The Morgan fingerprint density at radius 2 is 2.05 bits per heavy atom. The standard InChI is InChI=1S/C16H17NO3/c1-9(2)13-14(16(18)19)20-15(17-13)12-7-6-10-4-3-5-11(10)8-12/h6-9H,3-5H2,1-2H3,(H,18,19). The molecule has 0 atom stereocenters. The number of hydrogen-bond acceptors (Lipinski definition) is 3. The van der Waals surface area contributed by atoms with Crippen LogP contribution in [-0.4, -0.2) is 16.1 Å². The first-order chi connectivity index (χ1) is 9.56. The Morgan fingerprint density at radius 3 is 2.70 bits per heavy atom. The molecule has 20 heavy (non-hydrogen) atoms. The number of fused-ring (bicyclic) bond motifs is 1. The van der Waals surface area contributed by atoms with Crippen LogP contribution in [0.2, 0.25) is 0 Å². The highest BCUT2D eigenvalue weighted by Crippen LogP contribution is 2.30. The van der Waals surface area contributed by atoms with Crippen molar-refractivity contribution in [3.63, 3.8) is 0 Å². The van der Waals surface area contributed by atoms with Gasteiger partial charge in [-0.25, -0.2) is 9.78 Å². The van der Waals surface area contributed by atoms with Crippen LogP contribution in [0.15, 0.2) is 22.6 Å². The van der Waals surface area contributed by atoms with Gasteiger partial charge in [-0.3, -0.25) is 0 Å². The third-order valence-corrected chi connectivity index (χ3v) is 3.74. The van der Waals surface area contributed by atoms with Gasteiger partial charge in [0.2, 0.25) is 11.7 Å². The highest BCUT2D eigenvalue weighted by Gasteiger charge is 2.23. The molecule has 0 radical (unpaired) electrons. The number of carboxylic acids is 1. The van der Waals surface area contributed by atoms with Gasteiger partial charge < -0.3 is 9.52 Å². The number of carboxylic acid groups (broad SMARTS) is 1. The number of hydrogen-bond donors (Lipinski definition) is 1. The number of benzene rings is 1. The van der Waals surface area contributed by atoms with Gasteiger partial charge in [0, 0.05) is 5.56 Å². The molecule has 0 unspecified atom stereocenters. The number of nitrogens with zero attached hydrogens (tertiary/aromatic N) is 1. The van der Waals surface area contributed by atoms with E-state index in [1.54, 1.807) is 0 Å². The van der Waals surface area contributed by atoms with E-state index in [0.717, 1.165) is 18.4 Å². The molecule has 0 saturated heterocycles. The molecule has 104 valence electrons. The lowest BCUT2D eigenvalue weighted by atomic mass is 10.1. The number of rotatable bonds is 3. The van der Waals surface area contributed by atoms with Crippen molar-refractivity contribution < 1.29 is 14.3 Å².